The molecule has 0 unspecified atom stereocenters. The van der Waals surface area contributed by atoms with Crippen LogP contribution in [0.1, 0.15) is 30.4 Å². The van der Waals surface area contributed by atoms with Gasteiger partial charge in [-0.3, -0.25) is 0 Å². The molecule has 10 heteroatoms. The van der Waals surface area contributed by atoms with Crippen LogP contribution in [0.3, 0.4) is 0 Å². The van der Waals surface area contributed by atoms with Gasteiger partial charge in [-0.1, -0.05) is 16.8 Å². The summed E-state index contributed by atoms with van der Waals surface area (Å²) in [6.45, 7) is 9.00. The van der Waals surface area contributed by atoms with Crippen LogP contribution in [0, 0.1) is 20.8 Å². The van der Waals surface area contributed by atoms with Crippen molar-refractivity contribution >= 4 is 17.4 Å². The van der Waals surface area contributed by atoms with Crippen LogP contribution in [0.2, 0.25) is 5.02 Å². The van der Waals surface area contributed by atoms with Crippen molar-refractivity contribution < 1.29 is 19.1 Å². The van der Waals surface area contributed by atoms with Gasteiger partial charge in [0, 0.05) is 17.7 Å². The summed E-state index contributed by atoms with van der Waals surface area (Å²) in [5, 5.41) is 21.1. The molecule has 0 bridgehead atoms. The first-order valence-corrected chi connectivity index (χ1v) is 12.1. The molecule has 0 amide bonds. The monoisotopic (exact) mass is 501 g/mol. The van der Waals surface area contributed by atoms with Crippen LogP contribution in [0.25, 0.3) is 22.6 Å². The van der Waals surface area contributed by atoms with Crippen LogP contribution in [-0.4, -0.2) is 65.3 Å². The standard InChI is InChI=1S/C25H32ClN5O4/c1-13-8-17(11-33-13)28-24-14(2)23(22-15(3)31-35-16(22)4)29-25(30-24)20-9-19(6-7-21(20)26)34-12-18(32)10-27-5/h6-7,9,13,17-18,27,32H,8,10-12H2,1-5H3,(H,28,29,30)/t13-,17+,18+/m0/s1. The van der Waals surface area contributed by atoms with E-state index < -0.39 is 6.10 Å². The van der Waals surface area contributed by atoms with Crippen molar-refractivity contribution in [2.75, 3.05) is 32.1 Å². The smallest absolute Gasteiger partial charge is 0.163 e. The first kappa shape index (κ1) is 25.4. The van der Waals surface area contributed by atoms with Crippen LogP contribution < -0.4 is 15.4 Å². The molecule has 1 aliphatic heterocycles. The van der Waals surface area contributed by atoms with Gasteiger partial charge in [0.05, 0.1) is 40.7 Å². The number of likely N-dealkylation sites (N-methyl/N-ethyl adjacent to an activating group) is 1. The Hall–Kier alpha value is -2.72. The Morgan fingerprint density at radius 3 is 2.71 bits per heavy atom. The summed E-state index contributed by atoms with van der Waals surface area (Å²) >= 11 is 6.60. The summed E-state index contributed by atoms with van der Waals surface area (Å²) < 4.78 is 17.0. The third kappa shape index (κ3) is 5.75. The molecule has 1 fully saturated rings. The van der Waals surface area contributed by atoms with Crippen LogP contribution in [0.4, 0.5) is 5.82 Å². The number of aliphatic hydroxyl groups is 1. The van der Waals surface area contributed by atoms with E-state index >= 15 is 0 Å². The average molecular weight is 502 g/mol. The van der Waals surface area contributed by atoms with E-state index in [4.69, 9.17) is 35.6 Å². The second-order valence-electron chi connectivity index (χ2n) is 8.95. The van der Waals surface area contributed by atoms with Gasteiger partial charge in [-0.25, -0.2) is 9.97 Å². The largest absolute Gasteiger partial charge is 0.491 e. The van der Waals surface area contributed by atoms with Crippen molar-refractivity contribution in [3.8, 4) is 28.4 Å². The Morgan fingerprint density at radius 2 is 2.06 bits per heavy atom. The second kappa shape index (κ2) is 10.9. The van der Waals surface area contributed by atoms with E-state index in [2.05, 4.69) is 22.7 Å². The minimum Gasteiger partial charge on any atom is -0.491 e. The maximum absolute atomic E-state index is 10.00. The van der Waals surface area contributed by atoms with Gasteiger partial charge in [0.15, 0.2) is 5.82 Å². The number of ether oxygens (including phenoxy) is 2. The topological polar surface area (TPSA) is 115 Å². The molecule has 1 saturated heterocycles. The molecule has 9 nitrogen and oxygen atoms in total. The van der Waals surface area contributed by atoms with Crippen molar-refractivity contribution in [1.29, 1.82) is 0 Å². The third-order valence-electron chi connectivity index (χ3n) is 6.02. The minimum atomic E-state index is -0.632. The van der Waals surface area contributed by atoms with E-state index in [9.17, 15) is 5.11 Å². The molecule has 1 aliphatic rings. The second-order valence-corrected chi connectivity index (χ2v) is 9.36. The van der Waals surface area contributed by atoms with Gasteiger partial charge in [-0.05, 0) is 59.4 Å². The van der Waals surface area contributed by atoms with E-state index in [-0.39, 0.29) is 18.8 Å². The fraction of sp³-hybridized carbons (Fsp3) is 0.480. The minimum absolute atomic E-state index is 0.141. The van der Waals surface area contributed by atoms with Gasteiger partial charge < -0.3 is 29.7 Å². The number of rotatable bonds is 9. The lowest BCUT2D eigenvalue weighted by molar-refractivity contribution is 0.108. The van der Waals surface area contributed by atoms with Gasteiger partial charge in [0.2, 0.25) is 0 Å². The summed E-state index contributed by atoms with van der Waals surface area (Å²) in [5.74, 6) is 2.40. The molecule has 35 heavy (non-hydrogen) atoms. The van der Waals surface area contributed by atoms with Crippen molar-refractivity contribution in [3.63, 3.8) is 0 Å². The number of aryl methyl sites for hydroxylation is 2. The normalized spacial score (nSPS) is 18.6. The zero-order valence-corrected chi connectivity index (χ0v) is 21.4. The number of hydrogen-bond donors (Lipinski definition) is 3. The number of anilines is 1. The molecule has 0 radical (unpaired) electrons. The molecule has 188 valence electrons. The van der Waals surface area contributed by atoms with Crippen LogP contribution >= 0.6 is 11.6 Å². The predicted octanol–water partition coefficient (Wildman–Crippen LogP) is 3.93. The quantitative estimate of drug-likeness (QED) is 0.401. The number of halogens is 1. The molecule has 0 spiro atoms. The van der Waals surface area contributed by atoms with Crippen LogP contribution in [0.5, 0.6) is 5.75 Å². The zero-order valence-electron chi connectivity index (χ0n) is 20.7. The lowest BCUT2D eigenvalue weighted by Crippen LogP contribution is -2.29. The molecule has 3 N–H and O–H groups in total. The van der Waals surface area contributed by atoms with Gasteiger partial charge in [-0.15, -0.1) is 0 Å². The lowest BCUT2D eigenvalue weighted by atomic mass is 10.0. The van der Waals surface area contributed by atoms with Crippen LogP contribution in [-0.2, 0) is 4.74 Å². The van der Waals surface area contributed by atoms with Crippen molar-refractivity contribution in [2.24, 2.45) is 0 Å². The Labute approximate surface area is 210 Å². The van der Waals surface area contributed by atoms with Gasteiger partial charge in [0.25, 0.3) is 0 Å². The number of benzene rings is 1. The Morgan fingerprint density at radius 1 is 1.26 bits per heavy atom. The molecule has 4 rings (SSSR count). The number of hydrogen-bond acceptors (Lipinski definition) is 9. The Bertz CT molecular complexity index is 1170. The zero-order chi connectivity index (χ0) is 25.1. The van der Waals surface area contributed by atoms with Gasteiger partial charge >= 0.3 is 0 Å². The predicted molar refractivity (Wildman–Crippen MR) is 135 cm³/mol. The first-order valence-electron chi connectivity index (χ1n) is 11.7. The number of aliphatic hydroxyl groups excluding tert-OH is 1. The Kier molecular flexibility index (Phi) is 7.91. The summed E-state index contributed by atoms with van der Waals surface area (Å²) in [6, 6.07) is 5.44. The summed E-state index contributed by atoms with van der Waals surface area (Å²) in [4.78, 5) is 9.76. The molecule has 2 aromatic heterocycles. The molecular weight excluding hydrogens is 470 g/mol. The van der Waals surface area contributed by atoms with E-state index in [1.165, 1.54) is 0 Å². The lowest BCUT2D eigenvalue weighted by Gasteiger charge is -2.18. The molecule has 3 heterocycles. The molecule has 0 saturated carbocycles. The van der Waals surface area contributed by atoms with Crippen molar-refractivity contribution in [1.82, 2.24) is 20.4 Å². The Balaban J connectivity index is 1.76. The van der Waals surface area contributed by atoms with Crippen molar-refractivity contribution in [3.05, 3.63) is 40.2 Å². The highest BCUT2D eigenvalue weighted by Crippen LogP contribution is 2.36. The average Bonchev–Trinajstić information content (AvgIpc) is 3.39. The fourth-order valence-corrected chi connectivity index (χ4v) is 4.41. The molecule has 0 aliphatic carbocycles. The third-order valence-corrected chi connectivity index (χ3v) is 6.35. The van der Waals surface area contributed by atoms with E-state index in [0.29, 0.717) is 46.9 Å². The van der Waals surface area contributed by atoms with E-state index in [0.717, 1.165) is 28.9 Å². The molecule has 3 atom stereocenters. The number of nitrogens with zero attached hydrogens (tertiary/aromatic N) is 3. The van der Waals surface area contributed by atoms with Crippen LogP contribution in [0.15, 0.2) is 22.7 Å². The van der Waals surface area contributed by atoms with Crippen molar-refractivity contribution in [2.45, 2.75) is 52.4 Å². The highest BCUT2D eigenvalue weighted by atomic mass is 35.5. The summed E-state index contributed by atoms with van der Waals surface area (Å²) in [5.41, 5.74) is 3.83. The number of aromatic nitrogens is 3. The summed E-state index contributed by atoms with van der Waals surface area (Å²) in [6.07, 6.45) is 0.448. The SMILES string of the molecule is CNC[C@@H](O)COc1ccc(Cl)c(-c2nc(N[C@H]3CO[C@@H](C)C3)c(C)c(-c3c(C)noc3C)n2)c1. The summed E-state index contributed by atoms with van der Waals surface area (Å²) in [7, 11) is 1.78. The molecular formula is C25H32ClN5O4. The fourth-order valence-electron chi connectivity index (χ4n) is 4.21. The van der Waals surface area contributed by atoms with Gasteiger partial charge in [-0.2, -0.15) is 0 Å². The highest BCUT2D eigenvalue weighted by molar-refractivity contribution is 6.33. The maximum atomic E-state index is 10.00. The maximum Gasteiger partial charge on any atom is 0.163 e. The highest BCUT2D eigenvalue weighted by Gasteiger charge is 2.26. The number of nitrogens with one attached hydrogen (secondary N) is 2. The van der Waals surface area contributed by atoms with Gasteiger partial charge in [0.1, 0.15) is 30.0 Å². The molecule has 1 aromatic carbocycles. The van der Waals surface area contributed by atoms with E-state index in [1.54, 1.807) is 25.2 Å². The first-order chi connectivity index (χ1) is 16.8. The van der Waals surface area contributed by atoms with E-state index in [1.807, 2.05) is 20.8 Å². The molecule has 3 aromatic rings.